The molecule has 0 amide bonds. The highest BCUT2D eigenvalue weighted by molar-refractivity contribution is 5.86. The quantitative estimate of drug-likeness (QED) is 0.379. The summed E-state index contributed by atoms with van der Waals surface area (Å²) in [5.74, 6) is -1.49. The molecule has 1 fully saturated rings. The fourth-order valence-electron chi connectivity index (χ4n) is 6.85. The summed E-state index contributed by atoms with van der Waals surface area (Å²) in [5, 5.41) is 21.7. The van der Waals surface area contributed by atoms with Gasteiger partial charge < -0.3 is 33.9 Å². The SMILES string of the molecule is COC1=C[C@]23CCCN2CCc2cc4c(cc2[C@@H]3C1OC(=O)C(O)(CCCC(C)(C)O)CC(=O)OCC(F)(F)F)OCO4. The van der Waals surface area contributed by atoms with Crippen LogP contribution in [0.3, 0.4) is 0 Å². The first-order chi connectivity index (χ1) is 20.1. The Hall–Kier alpha value is -3.03. The maximum atomic E-state index is 13.8. The van der Waals surface area contributed by atoms with Crippen LogP contribution < -0.4 is 9.47 Å². The Morgan fingerprint density at radius 2 is 1.84 bits per heavy atom. The fraction of sp³-hybridized carbons (Fsp3) is 0.667. The number of fused-ring (bicyclic) bond motifs is 3. The van der Waals surface area contributed by atoms with Crippen LogP contribution in [0.2, 0.25) is 0 Å². The fourth-order valence-corrected chi connectivity index (χ4v) is 6.85. The third-order valence-corrected chi connectivity index (χ3v) is 8.79. The van der Waals surface area contributed by atoms with E-state index in [-0.39, 0.29) is 26.1 Å². The lowest BCUT2D eigenvalue weighted by Gasteiger charge is -2.39. The standard InChI is InChI=1S/C30H38F3NO9/c1-27(2,37)7-4-9-29(38,15-23(35)40-16-30(31,32)33)26(36)43-25-22(39-3)14-28-8-5-10-34(28)11-6-18-12-20-21(42-17-41-20)13-19(18)24(25)28/h12-14,24-25,37-38H,4-11,15-17H2,1-3H3/t24-,25?,28+,29?/m1/s1. The second-order valence-electron chi connectivity index (χ2n) is 12.4. The summed E-state index contributed by atoms with van der Waals surface area (Å²) >= 11 is 0. The minimum atomic E-state index is -4.78. The van der Waals surface area contributed by atoms with Crippen LogP contribution in [0.1, 0.15) is 69.4 Å². The van der Waals surface area contributed by atoms with Crippen LogP contribution in [0.4, 0.5) is 13.2 Å². The van der Waals surface area contributed by atoms with Crippen molar-refractivity contribution in [1.29, 1.82) is 0 Å². The number of halogens is 3. The molecule has 0 radical (unpaired) electrons. The third kappa shape index (κ3) is 6.44. The van der Waals surface area contributed by atoms with E-state index in [4.69, 9.17) is 18.9 Å². The highest BCUT2D eigenvalue weighted by atomic mass is 19.4. The number of alkyl halides is 3. The largest absolute Gasteiger partial charge is 0.497 e. The lowest BCUT2D eigenvalue weighted by molar-refractivity contribution is -0.193. The zero-order valence-electron chi connectivity index (χ0n) is 24.5. The molecule has 1 aromatic rings. The number of carbonyl (C=O) groups is 2. The highest BCUT2D eigenvalue weighted by Crippen LogP contribution is 2.55. The van der Waals surface area contributed by atoms with Crippen LogP contribution in [0.5, 0.6) is 11.5 Å². The molecule has 13 heteroatoms. The zero-order valence-corrected chi connectivity index (χ0v) is 24.5. The van der Waals surface area contributed by atoms with Crippen molar-refractivity contribution < 1.29 is 56.7 Å². The van der Waals surface area contributed by atoms with Crippen molar-refractivity contribution in [3.8, 4) is 11.5 Å². The lowest BCUT2D eigenvalue weighted by Crippen LogP contribution is -2.49. The van der Waals surface area contributed by atoms with Crippen LogP contribution >= 0.6 is 0 Å². The van der Waals surface area contributed by atoms with Crippen molar-refractivity contribution >= 4 is 11.9 Å². The van der Waals surface area contributed by atoms with E-state index in [0.717, 1.165) is 37.1 Å². The Kier molecular flexibility index (Phi) is 8.38. The van der Waals surface area contributed by atoms with Gasteiger partial charge in [-0.3, -0.25) is 9.69 Å². The van der Waals surface area contributed by atoms with Gasteiger partial charge in [-0.1, -0.05) is 0 Å². The zero-order chi connectivity index (χ0) is 31.2. The predicted octanol–water partition coefficient (Wildman–Crippen LogP) is 3.51. The van der Waals surface area contributed by atoms with Gasteiger partial charge in [-0.15, -0.1) is 0 Å². The number of benzene rings is 1. The number of ether oxygens (including phenoxy) is 5. The molecule has 238 valence electrons. The van der Waals surface area contributed by atoms with E-state index in [2.05, 4.69) is 9.64 Å². The molecule has 0 saturated carbocycles. The number of hydrogen-bond donors (Lipinski definition) is 2. The van der Waals surface area contributed by atoms with Crippen molar-refractivity contribution in [3.63, 3.8) is 0 Å². The normalized spacial score (nSPS) is 26.0. The van der Waals surface area contributed by atoms with Crippen LogP contribution in [-0.4, -0.2) is 89.7 Å². The number of nitrogens with zero attached hydrogens (tertiary/aromatic N) is 1. The van der Waals surface area contributed by atoms with Crippen LogP contribution in [-0.2, 0) is 30.2 Å². The first-order valence-corrected chi connectivity index (χ1v) is 14.5. The molecule has 5 rings (SSSR count). The third-order valence-electron chi connectivity index (χ3n) is 8.79. The van der Waals surface area contributed by atoms with Gasteiger partial charge in [-0.2, -0.15) is 13.2 Å². The summed E-state index contributed by atoms with van der Waals surface area (Å²) < 4.78 is 65.4. The van der Waals surface area contributed by atoms with E-state index in [1.807, 2.05) is 18.2 Å². The molecule has 1 aromatic carbocycles. The van der Waals surface area contributed by atoms with Crippen molar-refractivity contribution in [2.75, 3.05) is 33.6 Å². The van der Waals surface area contributed by atoms with E-state index in [9.17, 15) is 33.0 Å². The average molecular weight is 614 g/mol. The molecule has 4 atom stereocenters. The van der Waals surface area contributed by atoms with Gasteiger partial charge in [0.05, 0.1) is 30.6 Å². The second kappa shape index (κ2) is 11.5. The van der Waals surface area contributed by atoms with E-state index < -0.39 is 59.9 Å². The summed E-state index contributed by atoms with van der Waals surface area (Å²) in [5.41, 5.74) is -2.34. The molecule has 1 spiro atoms. The molecular formula is C30H38F3NO9. The monoisotopic (exact) mass is 613 g/mol. The summed E-state index contributed by atoms with van der Waals surface area (Å²) in [6, 6.07) is 3.82. The van der Waals surface area contributed by atoms with Gasteiger partial charge in [0.1, 0.15) is 5.76 Å². The van der Waals surface area contributed by atoms with Gasteiger partial charge in [-0.05, 0) is 88.3 Å². The lowest BCUT2D eigenvalue weighted by atomic mass is 9.77. The van der Waals surface area contributed by atoms with Crippen LogP contribution in [0.25, 0.3) is 0 Å². The van der Waals surface area contributed by atoms with Gasteiger partial charge in [-0.25, -0.2) is 4.79 Å². The molecule has 3 aliphatic heterocycles. The van der Waals surface area contributed by atoms with Crippen molar-refractivity contribution in [3.05, 3.63) is 35.1 Å². The summed E-state index contributed by atoms with van der Waals surface area (Å²) in [7, 11) is 1.46. The van der Waals surface area contributed by atoms with Gasteiger partial charge in [0, 0.05) is 6.54 Å². The number of aliphatic hydroxyl groups is 2. The van der Waals surface area contributed by atoms with E-state index in [1.165, 1.54) is 21.0 Å². The summed E-state index contributed by atoms with van der Waals surface area (Å²) in [6.45, 7) is 2.87. The van der Waals surface area contributed by atoms with E-state index in [1.54, 1.807) is 0 Å². The average Bonchev–Trinajstić information content (AvgIpc) is 3.60. The Bertz CT molecular complexity index is 1280. The van der Waals surface area contributed by atoms with E-state index in [0.29, 0.717) is 23.7 Å². The minimum Gasteiger partial charge on any atom is -0.497 e. The molecule has 10 nitrogen and oxygen atoms in total. The molecule has 2 unspecified atom stereocenters. The summed E-state index contributed by atoms with van der Waals surface area (Å²) in [4.78, 5) is 28.6. The topological polar surface area (TPSA) is 124 Å². The van der Waals surface area contributed by atoms with Crippen LogP contribution in [0.15, 0.2) is 24.0 Å². The Labute approximate surface area is 247 Å². The number of carbonyl (C=O) groups excluding carboxylic acids is 2. The first kappa shape index (κ1) is 31.4. The molecule has 3 heterocycles. The Balaban J connectivity index is 1.47. The maximum Gasteiger partial charge on any atom is 0.422 e. The molecule has 0 aromatic heterocycles. The number of rotatable bonds is 10. The predicted molar refractivity (Wildman–Crippen MR) is 144 cm³/mol. The van der Waals surface area contributed by atoms with Gasteiger partial charge in [0.15, 0.2) is 29.8 Å². The number of hydrogen-bond acceptors (Lipinski definition) is 10. The Morgan fingerprint density at radius 1 is 1.12 bits per heavy atom. The molecular weight excluding hydrogens is 575 g/mol. The first-order valence-electron chi connectivity index (χ1n) is 14.5. The minimum absolute atomic E-state index is 0.0761. The van der Waals surface area contributed by atoms with Crippen molar-refractivity contribution in [2.24, 2.45) is 0 Å². The van der Waals surface area contributed by atoms with Gasteiger partial charge in [0.2, 0.25) is 6.79 Å². The Morgan fingerprint density at radius 3 is 2.51 bits per heavy atom. The molecule has 1 saturated heterocycles. The number of esters is 2. The molecule has 43 heavy (non-hydrogen) atoms. The van der Waals surface area contributed by atoms with Gasteiger partial charge >= 0.3 is 18.1 Å². The summed E-state index contributed by atoms with van der Waals surface area (Å²) in [6.07, 6.45) is -2.64. The smallest absolute Gasteiger partial charge is 0.422 e. The van der Waals surface area contributed by atoms with Crippen LogP contribution in [0, 0.1) is 0 Å². The number of methoxy groups -OCH3 is 1. The van der Waals surface area contributed by atoms with Crippen molar-refractivity contribution in [1.82, 2.24) is 4.90 Å². The molecule has 0 bridgehead atoms. The molecule has 2 N–H and O–H groups in total. The highest BCUT2D eigenvalue weighted by Gasteiger charge is 2.59. The molecule has 1 aliphatic carbocycles. The molecule has 4 aliphatic rings. The van der Waals surface area contributed by atoms with Gasteiger partial charge in [0.25, 0.3) is 0 Å². The maximum absolute atomic E-state index is 13.8. The van der Waals surface area contributed by atoms with Crippen molar-refractivity contribution in [2.45, 2.75) is 93.7 Å². The van der Waals surface area contributed by atoms with E-state index >= 15 is 0 Å². The second-order valence-corrected chi connectivity index (χ2v) is 12.4.